The summed E-state index contributed by atoms with van der Waals surface area (Å²) < 4.78 is 5.35. The molecule has 0 bridgehead atoms. The van der Waals surface area contributed by atoms with Gasteiger partial charge in [0.15, 0.2) is 5.11 Å². The van der Waals surface area contributed by atoms with Gasteiger partial charge < -0.3 is 25.0 Å². The Morgan fingerprint density at radius 3 is 2.72 bits per heavy atom. The lowest BCUT2D eigenvalue weighted by molar-refractivity contribution is 0.248. The van der Waals surface area contributed by atoms with Gasteiger partial charge in [-0.05, 0) is 61.5 Å². The maximum Gasteiger partial charge on any atom is 0.253 e. The Hall–Kier alpha value is -2.90. The minimum atomic E-state index is -0.162. The van der Waals surface area contributed by atoms with E-state index < -0.39 is 0 Å². The number of aliphatic hydroxyl groups excluding tert-OH is 1. The Morgan fingerprint density at radius 2 is 2.00 bits per heavy atom. The van der Waals surface area contributed by atoms with Crippen molar-refractivity contribution in [3.05, 3.63) is 69.5 Å². The molecule has 29 heavy (non-hydrogen) atoms. The van der Waals surface area contributed by atoms with Crippen LogP contribution in [0.5, 0.6) is 5.75 Å². The van der Waals surface area contributed by atoms with E-state index in [9.17, 15) is 9.90 Å². The second-order valence-corrected chi connectivity index (χ2v) is 7.33. The highest BCUT2D eigenvalue weighted by molar-refractivity contribution is 7.80. The number of nitrogens with one attached hydrogen (secondary N) is 2. The Morgan fingerprint density at radius 1 is 1.24 bits per heavy atom. The molecule has 2 aromatic carbocycles. The summed E-state index contributed by atoms with van der Waals surface area (Å²) in [5.41, 5.74) is 4.16. The molecule has 0 aliphatic rings. The van der Waals surface area contributed by atoms with E-state index in [0.717, 1.165) is 27.7 Å². The number of para-hydroxylation sites is 2. The standard InChI is InChI=1S/C22H25N3O3S/c1-14-10-15(2)17-12-16(21(27)23-19(17)11-14)13-25(8-9-26)22(29)24-18-6-4-5-7-20(18)28-3/h4-7,10-12,26H,8-9,13H2,1-3H3,(H,23,27)(H,24,29). The zero-order valence-corrected chi connectivity index (χ0v) is 17.6. The zero-order chi connectivity index (χ0) is 21.0. The zero-order valence-electron chi connectivity index (χ0n) is 16.8. The van der Waals surface area contributed by atoms with Crippen LogP contribution in [0, 0.1) is 13.8 Å². The van der Waals surface area contributed by atoms with Crippen molar-refractivity contribution in [1.82, 2.24) is 9.88 Å². The van der Waals surface area contributed by atoms with Gasteiger partial charge in [-0.2, -0.15) is 0 Å². The van der Waals surface area contributed by atoms with Gasteiger partial charge in [-0.1, -0.05) is 18.2 Å². The number of aromatic amines is 1. The van der Waals surface area contributed by atoms with E-state index in [0.29, 0.717) is 23.0 Å². The average molecular weight is 412 g/mol. The van der Waals surface area contributed by atoms with E-state index >= 15 is 0 Å². The van der Waals surface area contributed by atoms with Crippen molar-refractivity contribution in [3.63, 3.8) is 0 Å². The molecule has 1 heterocycles. The molecule has 0 aliphatic carbocycles. The van der Waals surface area contributed by atoms with Crippen LogP contribution in [0.3, 0.4) is 0 Å². The summed E-state index contributed by atoms with van der Waals surface area (Å²) in [7, 11) is 1.59. The summed E-state index contributed by atoms with van der Waals surface area (Å²) >= 11 is 5.55. The fourth-order valence-corrected chi connectivity index (χ4v) is 3.62. The van der Waals surface area contributed by atoms with Crippen LogP contribution in [-0.2, 0) is 6.54 Å². The molecule has 1 aromatic heterocycles. The first-order valence-corrected chi connectivity index (χ1v) is 9.76. The van der Waals surface area contributed by atoms with Crippen molar-refractivity contribution in [3.8, 4) is 5.75 Å². The fourth-order valence-electron chi connectivity index (χ4n) is 3.35. The van der Waals surface area contributed by atoms with Crippen LogP contribution in [0.2, 0.25) is 0 Å². The number of H-pyrrole nitrogens is 1. The van der Waals surface area contributed by atoms with Gasteiger partial charge in [0, 0.05) is 23.0 Å². The SMILES string of the molecule is COc1ccccc1NC(=S)N(CCO)Cc1cc2c(C)cc(C)cc2[nH]c1=O. The minimum Gasteiger partial charge on any atom is -0.495 e. The number of aliphatic hydroxyl groups is 1. The molecule has 3 N–H and O–H groups in total. The number of ether oxygens (including phenoxy) is 1. The number of anilines is 1. The molecule has 0 amide bonds. The van der Waals surface area contributed by atoms with Crippen LogP contribution in [0.4, 0.5) is 5.69 Å². The van der Waals surface area contributed by atoms with Crippen LogP contribution in [0.25, 0.3) is 10.9 Å². The Balaban J connectivity index is 1.89. The maximum absolute atomic E-state index is 12.6. The predicted octanol–water partition coefficient (Wildman–Crippen LogP) is 3.34. The molecule has 0 radical (unpaired) electrons. The monoisotopic (exact) mass is 411 g/mol. The lowest BCUT2D eigenvalue weighted by Gasteiger charge is -2.25. The molecule has 152 valence electrons. The van der Waals surface area contributed by atoms with Gasteiger partial charge in [-0.15, -0.1) is 0 Å². The van der Waals surface area contributed by atoms with Gasteiger partial charge in [0.25, 0.3) is 5.56 Å². The van der Waals surface area contributed by atoms with E-state index in [1.807, 2.05) is 50.2 Å². The quantitative estimate of drug-likeness (QED) is 0.540. The summed E-state index contributed by atoms with van der Waals surface area (Å²) in [5, 5.41) is 14.1. The van der Waals surface area contributed by atoms with Crippen molar-refractivity contribution in [2.75, 3.05) is 25.6 Å². The lowest BCUT2D eigenvalue weighted by atomic mass is 10.0. The molecule has 0 spiro atoms. The molecular formula is C22H25N3O3S. The van der Waals surface area contributed by atoms with E-state index in [1.54, 1.807) is 12.0 Å². The number of aryl methyl sites for hydroxylation is 2. The van der Waals surface area contributed by atoms with Crippen molar-refractivity contribution in [2.24, 2.45) is 0 Å². The molecule has 7 heteroatoms. The van der Waals surface area contributed by atoms with Gasteiger partial charge in [0.05, 0.1) is 25.9 Å². The number of hydrogen-bond donors (Lipinski definition) is 3. The third kappa shape index (κ3) is 4.75. The second-order valence-electron chi connectivity index (χ2n) is 6.94. The Kier molecular flexibility index (Phi) is 6.51. The van der Waals surface area contributed by atoms with Gasteiger partial charge in [-0.3, -0.25) is 4.79 Å². The molecular weight excluding hydrogens is 386 g/mol. The molecule has 3 aromatic rings. The number of thiocarbonyl (C=S) groups is 1. The smallest absolute Gasteiger partial charge is 0.253 e. The molecule has 0 unspecified atom stereocenters. The molecule has 0 atom stereocenters. The number of rotatable bonds is 6. The first kappa shape index (κ1) is 20.8. The Bertz CT molecular complexity index is 1090. The number of fused-ring (bicyclic) bond motifs is 1. The van der Waals surface area contributed by atoms with Crippen LogP contribution >= 0.6 is 12.2 Å². The molecule has 0 saturated heterocycles. The summed E-state index contributed by atoms with van der Waals surface area (Å²) in [5.74, 6) is 0.661. The first-order valence-electron chi connectivity index (χ1n) is 9.36. The number of hydrogen-bond acceptors (Lipinski definition) is 4. The molecule has 6 nitrogen and oxygen atoms in total. The number of pyridine rings is 1. The topological polar surface area (TPSA) is 77.6 Å². The van der Waals surface area contributed by atoms with Gasteiger partial charge >= 0.3 is 0 Å². The summed E-state index contributed by atoms with van der Waals surface area (Å²) in [6.07, 6.45) is 0. The van der Waals surface area contributed by atoms with E-state index in [4.69, 9.17) is 17.0 Å². The van der Waals surface area contributed by atoms with Crippen molar-refractivity contribution in [2.45, 2.75) is 20.4 Å². The average Bonchev–Trinajstić information content (AvgIpc) is 2.68. The Labute approximate surface area is 175 Å². The molecule has 0 aliphatic heterocycles. The molecule has 0 saturated carbocycles. The summed E-state index contributed by atoms with van der Waals surface area (Å²) in [4.78, 5) is 17.4. The van der Waals surface area contributed by atoms with Crippen molar-refractivity contribution >= 4 is 33.9 Å². The highest BCUT2D eigenvalue weighted by Crippen LogP contribution is 2.24. The number of nitrogens with zero attached hydrogens (tertiary/aromatic N) is 1. The minimum absolute atomic E-state index is 0.0859. The third-order valence-electron chi connectivity index (χ3n) is 4.76. The van der Waals surface area contributed by atoms with Gasteiger partial charge in [0.2, 0.25) is 0 Å². The van der Waals surface area contributed by atoms with Crippen LogP contribution in [0.1, 0.15) is 16.7 Å². The highest BCUT2D eigenvalue weighted by Gasteiger charge is 2.15. The number of methoxy groups -OCH3 is 1. The van der Waals surface area contributed by atoms with E-state index in [-0.39, 0.29) is 18.7 Å². The van der Waals surface area contributed by atoms with Crippen molar-refractivity contribution in [1.29, 1.82) is 0 Å². The van der Waals surface area contributed by atoms with Crippen LogP contribution in [0.15, 0.2) is 47.3 Å². The van der Waals surface area contributed by atoms with Crippen molar-refractivity contribution < 1.29 is 9.84 Å². The number of benzene rings is 2. The third-order valence-corrected chi connectivity index (χ3v) is 5.12. The lowest BCUT2D eigenvalue weighted by Crippen LogP contribution is -2.38. The first-order chi connectivity index (χ1) is 13.9. The summed E-state index contributed by atoms with van der Waals surface area (Å²) in [6, 6.07) is 13.4. The van der Waals surface area contributed by atoms with E-state index in [1.165, 1.54) is 0 Å². The second kappa shape index (κ2) is 9.07. The maximum atomic E-state index is 12.6. The summed E-state index contributed by atoms with van der Waals surface area (Å²) in [6.45, 7) is 4.52. The molecule has 0 fully saturated rings. The van der Waals surface area contributed by atoms with Gasteiger partial charge in [-0.25, -0.2) is 0 Å². The molecule has 3 rings (SSSR count). The van der Waals surface area contributed by atoms with E-state index in [2.05, 4.69) is 16.4 Å². The van der Waals surface area contributed by atoms with Crippen LogP contribution < -0.4 is 15.6 Å². The predicted molar refractivity (Wildman–Crippen MR) is 121 cm³/mol. The normalized spacial score (nSPS) is 10.8. The largest absolute Gasteiger partial charge is 0.495 e. The van der Waals surface area contributed by atoms with Crippen LogP contribution in [-0.4, -0.2) is 40.4 Å². The highest BCUT2D eigenvalue weighted by atomic mass is 32.1. The number of aromatic nitrogens is 1. The van der Waals surface area contributed by atoms with Gasteiger partial charge in [0.1, 0.15) is 5.75 Å². The fraction of sp³-hybridized carbons (Fsp3) is 0.273.